The van der Waals surface area contributed by atoms with Crippen LogP contribution in [-0.4, -0.2) is 0 Å². The van der Waals surface area contributed by atoms with Crippen molar-refractivity contribution in [3.8, 4) is 0 Å². The van der Waals surface area contributed by atoms with E-state index >= 15 is 0 Å². The summed E-state index contributed by atoms with van der Waals surface area (Å²) < 4.78 is 6.18. The zero-order valence-corrected chi connectivity index (χ0v) is 7.91. The Morgan fingerprint density at radius 3 is 2.67 bits per heavy atom. The molecule has 2 N–H and O–H groups in total. The summed E-state index contributed by atoms with van der Waals surface area (Å²) in [4.78, 5) is 0. The van der Waals surface area contributed by atoms with Crippen molar-refractivity contribution in [1.29, 1.82) is 0 Å². The van der Waals surface area contributed by atoms with Crippen molar-refractivity contribution in [3.05, 3.63) is 40.9 Å². The molecular formula is C8H8N2S2. The van der Waals surface area contributed by atoms with E-state index in [1.807, 2.05) is 18.2 Å². The lowest BCUT2D eigenvalue weighted by Gasteiger charge is -1.94. The predicted octanol–water partition coefficient (Wildman–Crippen LogP) is 2.39. The molecule has 1 heterocycles. The third-order valence-electron chi connectivity index (χ3n) is 1.44. The highest BCUT2D eigenvalue weighted by atomic mass is 32.2. The van der Waals surface area contributed by atoms with E-state index in [-0.39, 0.29) is 0 Å². The molecule has 1 aliphatic rings. The van der Waals surface area contributed by atoms with Gasteiger partial charge in [-0.1, -0.05) is 30.3 Å². The van der Waals surface area contributed by atoms with E-state index in [1.165, 1.54) is 17.7 Å². The van der Waals surface area contributed by atoms with Crippen molar-refractivity contribution in [2.75, 3.05) is 0 Å². The molecule has 0 bridgehead atoms. The third kappa shape index (κ3) is 1.97. The molecule has 62 valence electrons. The van der Waals surface area contributed by atoms with Crippen LogP contribution in [0.5, 0.6) is 0 Å². The third-order valence-corrected chi connectivity index (χ3v) is 3.00. The standard InChI is InChI=1S/C8H8N2S2/c1-2-4-7(5-3-1)6-8-9-12-10-11-8/h1-6,9-10H. The molecule has 1 fully saturated rings. The highest BCUT2D eigenvalue weighted by molar-refractivity contribution is 8.17. The van der Waals surface area contributed by atoms with Gasteiger partial charge >= 0.3 is 0 Å². The van der Waals surface area contributed by atoms with E-state index in [9.17, 15) is 0 Å². The number of benzene rings is 1. The first-order chi connectivity index (χ1) is 5.95. The van der Waals surface area contributed by atoms with Crippen LogP contribution in [0.3, 0.4) is 0 Å². The number of hydrogen-bond acceptors (Lipinski definition) is 4. The molecule has 12 heavy (non-hydrogen) atoms. The molecule has 0 spiro atoms. The molecule has 2 rings (SSSR count). The van der Waals surface area contributed by atoms with Gasteiger partial charge in [0.05, 0.1) is 5.03 Å². The Labute approximate surface area is 80.2 Å². The van der Waals surface area contributed by atoms with E-state index < -0.39 is 0 Å². The van der Waals surface area contributed by atoms with E-state index in [0.29, 0.717) is 0 Å². The van der Waals surface area contributed by atoms with Crippen molar-refractivity contribution in [2.24, 2.45) is 0 Å². The van der Waals surface area contributed by atoms with Crippen LogP contribution in [0.2, 0.25) is 0 Å². The molecule has 1 aliphatic heterocycles. The van der Waals surface area contributed by atoms with Crippen molar-refractivity contribution in [2.45, 2.75) is 0 Å². The second-order valence-corrected chi connectivity index (χ2v) is 4.03. The van der Waals surface area contributed by atoms with Crippen LogP contribution in [0.15, 0.2) is 35.4 Å². The number of hydrogen-bond donors (Lipinski definition) is 2. The fourth-order valence-corrected chi connectivity index (χ4v) is 2.26. The van der Waals surface area contributed by atoms with E-state index in [2.05, 4.69) is 27.1 Å². The minimum atomic E-state index is 1.14. The van der Waals surface area contributed by atoms with Gasteiger partial charge in [-0.15, -0.1) is 0 Å². The minimum Gasteiger partial charge on any atom is -0.310 e. The lowest BCUT2D eigenvalue weighted by Crippen LogP contribution is -1.90. The summed E-state index contributed by atoms with van der Waals surface area (Å²) in [7, 11) is 0. The van der Waals surface area contributed by atoms with Gasteiger partial charge in [-0.3, -0.25) is 0 Å². The van der Waals surface area contributed by atoms with Gasteiger partial charge in [0.25, 0.3) is 0 Å². The maximum absolute atomic E-state index is 3.13. The summed E-state index contributed by atoms with van der Waals surface area (Å²) >= 11 is 3.10. The molecule has 1 saturated heterocycles. The maximum atomic E-state index is 3.13. The first-order valence-electron chi connectivity index (χ1n) is 3.55. The van der Waals surface area contributed by atoms with Gasteiger partial charge in [0.15, 0.2) is 0 Å². The second-order valence-electron chi connectivity index (χ2n) is 2.31. The zero-order valence-electron chi connectivity index (χ0n) is 6.28. The monoisotopic (exact) mass is 196 g/mol. The molecule has 0 radical (unpaired) electrons. The Morgan fingerprint density at radius 2 is 2.00 bits per heavy atom. The second kappa shape index (κ2) is 3.89. The average molecular weight is 196 g/mol. The van der Waals surface area contributed by atoms with Crippen LogP contribution in [0.1, 0.15) is 5.56 Å². The van der Waals surface area contributed by atoms with Gasteiger partial charge in [-0.2, -0.15) is 4.13 Å². The predicted molar refractivity (Wildman–Crippen MR) is 55.9 cm³/mol. The smallest absolute Gasteiger partial charge is 0.0958 e. The quantitative estimate of drug-likeness (QED) is 0.673. The maximum Gasteiger partial charge on any atom is 0.0958 e. The molecule has 2 nitrogen and oxygen atoms in total. The molecular weight excluding hydrogens is 188 g/mol. The average Bonchev–Trinajstić information content (AvgIpc) is 2.59. The molecule has 4 heteroatoms. The first-order valence-corrected chi connectivity index (χ1v) is 5.19. The SMILES string of the molecule is C(=C1NSNS1)c1ccccc1. The first kappa shape index (κ1) is 8.04. The minimum absolute atomic E-state index is 1.14. The largest absolute Gasteiger partial charge is 0.310 e. The van der Waals surface area contributed by atoms with Crippen LogP contribution in [0.25, 0.3) is 6.08 Å². The van der Waals surface area contributed by atoms with Crippen LogP contribution in [0, 0.1) is 0 Å². The Kier molecular flexibility index (Phi) is 2.60. The molecule has 0 saturated carbocycles. The summed E-state index contributed by atoms with van der Waals surface area (Å²) in [5, 5.41) is 1.14. The molecule has 0 atom stereocenters. The van der Waals surface area contributed by atoms with Gasteiger partial charge in [0, 0.05) is 12.1 Å². The molecule has 1 aromatic carbocycles. The molecule has 0 unspecified atom stereocenters. The van der Waals surface area contributed by atoms with E-state index in [1.54, 1.807) is 11.9 Å². The molecule has 0 amide bonds. The summed E-state index contributed by atoms with van der Waals surface area (Å²) in [6.07, 6.45) is 2.11. The van der Waals surface area contributed by atoms with Gasteiger partial charge in [0.1, 0.15) is 0 Å². The Morgan fingerprint density at radius 1 is 1.17 bits per heavy atom. The van der Waals surface area contributed by atoms with Gasteiger partial charge in [-0.25, -0.2) is 0 Å². The number of nitrogens with one attached hydrogen (secondary N) is 2. The van der Waals surface area contributed by atoms with E-state index in [0.717, 1.165) is 5.03 Å². The molecule has 0 aliphatic carbocycles. The van der Waals surface area contributed by atoms with Crippen molar-refractivity contribution in [3.63, 3.8) is 0 Å². The van der Waals surface area contributed by atoms with Crippen molar-refractivity contribution < 1.29 is 0 Å². The van der Waals surface area contributed by atoms with Crippen LogP contribution in [0.4, 0.5) is 0 Å². The zero-order chi connectivity index (χ0) is 8.23. The summed E-state index contributed by atoms with van der Waals surface area (Å²) in [6.45, 7) is 0. The topological polar surface area (TPSA) is 24.1 Å². The molecule has 0 aromatic heterocycles. The van der Waals surface area contributed by atoms with Gasteiger partial charge < -0.3 is 4.72 Å². The Hall–Kier alpha value is -0.580. The van der Waals surface area contributed by atoms with Crippen LogP contribution in [-0.2, 0) is 0 Å². The number of rotatable bonds is 1. The normalized spacial score (nSPS) is 19.5. The highest BCUT2D eigenvalue weighted by Crippen LogP contribution is 2.23. The Balaban J connectivity index is 2.16. The van der Waals surface area contributed by atoms with Crippen molar-refractivity contribution >= 4 is 30.2 Å². The fourth-order valence-electron chi connectivity index (χ4n) is 0.917. The highest BCUT2D eigenvalue weighted by Gasteiger charge is 2.05. The van der Waals surface area contributed by atoms with Gasteiger partial charge in [-0.05, 0) is 23.6 Å². The lowest BCUT2D eigenvalue weighted by atomic mass is 10.2. The summed E-state index contributed by atoms with van der Waals surface area (Å²) in [5.74, 6) is 0. The van der Waals surface area contributed by atoms with Gasteiger partial charge in [0.2, 0.25) is 0 Å². The van der Waals surface area contributed by atoms with E-state index in [4.69, 9.17) is 0 Å². The van der Waals surface area contributed by atoms with Crippen LogP contribution >= 0.6 is 24.1 Å². The molecule has 1 aromatic rings. The lowest BCUT2D eigenvalue weighted by molar-refractivity contribution is 1.41. The fraction of sp³-hybridized carbons (Fsp3) is 0. The van der Waals surface area contributed by atoms with Crippen LogP contribution < -0.4 is 8.85 Å². The summed E-state index contributed by atoms with van der Waals surface area (Å²) in [6, 6.07) is 10.2. The summed E-state index contributed by atoms with van der Waals surface area (Å²) in [5.41, 5.74) is 1.22. The van der Waals surface area contributed by atoms with Crippen molar-refractivity contribution in [1.82, 2.24) is 8.85 Å². The Bertz CT molecular complexity index is 276.